The summed E-state index contributed by atoms with van der Waals surface area (Å²) in [5.41, 5.74) is 4.94. The second-order valence-electron chi connectivity index (χ2n) is 3.32. The van der Waals surface area contributed by atoms with E-state index in [1.54, 1.807) is 11.5 Å². The van der Waals surface area contributed by atoms with E-state index in [9.17, 15) is 13.2 Å². The number of alkyl halides is 3. The lowest BCUT2D eigenvalue weighted by Crippen LogP contribution is -2.10. The quantitative estimate of drug-likeness (QED) is 0.761. The second kappa shape index (κ2) is 4.38. The Bertz CT molecular complexity index is 511. The molecule has 1 unspecified atom stereocenters. The molecule has 1 atom stereocenters. The highest BCUT2D eigenvalue weighted by Gasteiger charge is 2.33. The molecule has 2 nitrogen and oxygen atoms in total. The number of halogens is 4. The number of hydrogen-bond acceptors (Lipinski definition) is 2. The van der Waals surface area contributed by atoms with E-state index in [1.165, 1.54) is 12.3 Å². The van der Waals surface area contributed by atoms with E-state index >= 15 is 0 Å². The van der Waals surface area contributed by atoms with Crippen LogP contribution in [0.3, 0.4) is 0 Å². The van der Waals surface area contributed by atoms with Crippen molar-refractivity contribution in [1.82, 2.24) is 0 Å². The molecule has 0 fully saturated rings. The van der Waals surface area contributed by atoms with Gasteiger partial charge in [0.15, 0.2) is 0 Å². The maximum absolute atomic E-state index is 12.7. The van der Waals surface area contributed by atoms with Crippen LogP contribution in [0.15, 0.2) is 44.2 Å². The van der Waals surface area contributed by atoms with Crippen molar-refractivity contribution < 1.29 is 13.2 Å². The van der Waals surface area contributed by atoms with Crippen LogP contribution in [-0.2, 0) is 6.18 Å². The molecule has 0 saturated heterocycles. The van der Waals surface area contributed by atoms with Crippen LogP contribution >= 0.6 is 26.8 Å². The first-order chi connectivity index (χ1) is 7.89. The van der Waals surface area contributed by atoms with Crippen LogP contribution in [0.2, 0.25) is 0 Å². The fraction of sp³-hybridized carbons (Fsp3) is 0.100. The zero-order valence-electron chi connectivity index (χ0n) is 8.37. The highest BCUT2D eigenvalue weighted by molar-refractivity contribution is 9.10. The summed E-state index contributed by atoms with van der Waals surface area (Å²) in [6, 6.07) is 4.14. The van der Waals surface area contributed by atoms with Crippen LogP contribution in [0.1, 0.15) is 5.56 Å². The lowest BCUT2D eigenvalue weighted by molar-refractivity contribution is -0.138. The predicted octanol–water partition coefficient (Wildman–Crippen LogP) is 3.63. The van der Waals surface area contributed by atoms with Gasteiger partial charge in [0.2, 0.25) is 0 Å². The average Bonchev–Trinajstić information content (AvgIpc) is 2.63. The van der Waals surface area contributed by atoms with Gasteiger partial charge in [-0.3, -0.25) is 0 Å². The molecule has 1 aromatic rings. The Morgan fingerprint density at radius 3 is 2.53 bits per heavy atom. The van der Waals surface area contributed by atoms with E-state index in [0.29, 0.717) is 10.1 Å². The Labute approximate surface area is 107 Å². The van der Waals surface area contributed by atoms with Crippen molar-refractivity contribution in [1.29, 1.82) is 0 Å². The van der Waals surface area contributed by atoms with Crippen LogP contribution in [0.25, 0.3) is 0 Å². The minimum absolute atomic E-state index is 0.0300. The number of nitrogens with zero attached hydrogens (tertiary/aromatic N) is 1. The predicted molar refractivity (Wildman–Crippen MR) is 67.2 cm³/mol. The number of benzene rings is 1. The molecular weight excluding hydrogens is 317 g/mol. The van der Waals surface area contributed by atoms with E-state index in [0.717, 1.165) is 6.07 Å². The maximum atomic E-state index is 12.7. The molecule has 0 bridgehead atoms. The van der Waals surface area contributed by atoms with Gasteiger partial charge >= 0.3 is 6.18 Å². The number of hydrogen-bond donors (Lipinski definition) is 2. The van der Waals surface area contributed by atoms with Crippen molar-refractivity contribution in [3.8, 4) is 0 Å². The Morgan fingerprint density at radius 1 is 1.29 bits per heavy atom. The molecule has 7 heteroatoms. The van der Waals surface area contributed by atoms with Crippen molar-refractivity contribution in [3.05, 3.63) is 39.8 Å². The van der Waals surface area contributed by atoms with Gasteiger partial charge in [-0.05, 0) is 28.5 Å². The molecule has 0 spiro atoms. The summed E-state index contributed by atoms with van der Waals surface area (Å²) in [5, 5.41) is 2.10. The summed E-state index contributed by atoms with van der Waals surface area (Å²) >= 11 is 2.90. The minimum Gasteiger partial charge on any atom is -0.379 e. The van der Waals surface area contributed by atoms with Gasteiger partial charge in [0.25, 0.3) is 0 Å². The fourth-order valence-corrected chi connectivity index (χ4v) is 3.37. The molecule has 92 valence electrons. The summed E-state index contributed by atoms with van der Waals surface area (Å²) in [6.07, 6.45) is -2.85. The third kappa shape index (κ3) is 2.50. The SMILES string of the molecule is NC1=NC=C[SH]1c1ccc(Br)c(C(F)(F)F)c1. The number of aliphatic imine (C=N–C) groups is 1. The second-order valence-corrected chi connectivity index (χ2v) is 6.18. The Kier molecular flexibility index (Phi) is 3.22. The van der Waals surface area contributed by atoms with Gasteiger partial charge in [0.1, 0.15) is 5.17 Å². The fourth-order valence-electron chi connectivity index (χ4n) is 1.41. The summed E-state index contributed by atoms with van der Waals surface area (Å²) in [5.74, 6) is 0. The van der Waals surface area contributed by atoms with E-state index in [2.05, 4.69) is 20.9 Å². The standard InChI is InChI=1S/C10H8BrF3N2S/c11-8-2-1-6(5-7(8)10(12,13)14)17-4-3-16-9(17)15/h1-5,17H,(H2,15,16). The van der Waals surface area contributed by atoms with Crippen molar-refractivity contribution in [3.63, 3.8) is 0 Å². The van der Waals surface area contributed by atoms with Crippen molar-refractivity contribution in [2.75, 3.05) is 0 Å². The zero-order chi connectivity index (χ0) is 12.6. The largest absolute Gasteiger partial charge is 0.417 e. The molecule has 1 heterocycles. The van der Waals surface area contributed by atoms with Crippen LogP contribution in [0.4, 0.5) is 13.2 Å². The number of thiol groups is 1. The van der Waals surface area contributed by atoms with Gasteiger partial charge in [-0.15, -0.1) is 10.9 Å². The van der Waals surface area contributed by atoms with Crippen molar-refractivity contribution >= 4 is 32.0 Å². The van der Waals surface area contributed by atoms with Crippen LogP contribution in [0.5, 0.6) is 0 Å². The van der Waals surface area contributed by atoms with Gasteiger partial charge < -0.3 is 5.73 Å². The third-order valence-corrected chi connectivity index (χ3v) is 4.77. The van der Waals surface area contributed by atoms with Crippen LogP contribution in [-0.4, -0.2) is 5.17 Å². The number of rotatable bonds is 1. The van der Waals surface area contributed by atoms with E-state index < -0.39 is 22.6 Å². The van der Waals surface area contributed by atoms with E-state index in [4.69, 9.17) is 5.73 Å². The molecular formula is C10H8BrF3N2S. The summed E-state index contributed by atoms with van der Waals surface area (Å²) < 4.78 is 38.2. The van der Waals surface area contributed by atoms with E-state index in [-0.39, 0.29) is 4.47 Å². The summed E-state index contributed by atoms with van der Waals surface area (Å²) in [6.45, 7) is 0. The Hall–Kier alpha value is -0.950. The number of amidine groups is 1. The Morgan fingerprint density at radius 2 is 2.00 bits per heavy atom. The molecule has 0 amide bonds. The summed E-state index contributed by atoms with van der Waals surface area (Å²) in [7, 11) is -1.05. The zero-order valence-corrected chi connectivity index (χ0v) is 10.9. The molecule has 2 N–H and O–H groups in total. The van der Waals surface area contributed by atoms with Gasteiger partial charge in [0, 0.05) is 10.7 Å². The lowest BCUT2D eigenvalue weighted by Gasteiger charge is -2.16. The monoisotopic (exact) mass is 324 g/mol. The maximum Gasteiger partial charge on any atom is 0.417 e. The first-order valence-electron chi connectivity index (χ1n) is 4.55. The molecule has 0 aromatic heterocycles. The lowest BCUT2D eigenvalue weighted by atomic mass is 10.2. The van der Waals surface area contributed by atoms with Crippen molar-refractivity contribution in [2.24, 2.45) is 10.7 Å². The molecule has 0 saturated carbocycles. The molecule has 0 aliphatic carbocycles. The first-order valence-corrected chi connectivity index (χ1v) is 6.76. The molecule has 1 aromatic carbocycles. The van der Waals surface area contributed by atoms with Gasteiger partial charge in [-0.25, -0.2) is 4.99 Å². The molecule has 1 aliphatic heterocycles. The van der Waals surface area contributed by atoms with Crippen molar-refractivity contribution in [2.45, 2.75) is 11.1 Å². The topological polar surface area (TPSA) is 38.4 Å². The molecule has 2 rings (SSSR count). The third-order valence-electron chi connectivity index (χ3n) is 2.20. The van der Waals surface area contributed by atoms with Gasteiger partial charge in [-0.1, -0.05) is 15.9 Å². The smallest absolute Gasteiger partial charge is 0.379 e. The number of nitrogens with two attached hydrogens (primary N) is 1. The normalized spacial score (nSPS) is 21.6. The highest BCUT2D eigenvalue weighted by atomic mass is 79.9. The highest BCUT2D eigenvalue weighted by Crippen LogP contribution is 2.44. The van der Waals surface area contributed by atoms with Gasteiger partial charge in [0.05, 0.1) is 5.56 Å². The van der Waals surface area contributed by atoms with Gasteiger partial charge in [-0.2, -0.15) is 13.2 Å². The minimum atomic E-state index is -4.38. The van der Waals surface area contributed by atoms with Crippen LogP contribution < -0.4 is 5.73 Å². The first kappa shape index (κ1) is 12.5. The Balaban J connectivity index is 2.45. The molecule has 0 radical (unpaired) electrons. The molecule has 1 aliphatic rings. The van der Waals surface area contributed by atoms with E-state index in [1.807, 2.05) is 0 Å². The van der Waals surface area contributed by atoms with Crippen LogP contribution in [0, 0.1) is 0 Å². The summed E-state index contributed by atoms with van der Waals surface area (Å²) in [4.78, 5) is 4.40. The molecule has 17 heavy (non-hydrogen) atoms. The average molecular weight is 325 g/mol.